The largest absolute Gasteiger partial charge is 0.396 e. The molecule has 2 nitrogen and oxygen atoms in total. The molecule has 0 amide bonds. The topological polar surface area (TPSA) is 38.9 Å². The summed E-state index contributed by atoms with van der Waals surface area (Å²) in [5.41, 5.74) is 7.34. The van der Waals surface area contributed by atoms with Crippen LogP contribution in [0.4, 0.5) is 5.69 Å². The van der Waals surface area contributed by atoms with E-state index in [4.69, 9.17) is 5.73 Å². The van der Waals surface area contributed by atoms with Crippen molar-refractivity contribution in [3.63, 3.8) is 0 Å². The molecule has 8 heavy (non-hydrogen) atoms. The van der Waals surface area contributed by atoms with Gasteiger partial charge < -0.3 is 5.73 Å². The lowest BCUT2D eigenvalue weighted by atomic mass is 10.3. The van der Waals surface area contributed by atoms with Crippen molar-refractivity contribution < 1.29 is 0 Å². The summed E-state index contributed by atoms with van der Waals surface area (Å²) in [7, 11) is 0. The highest BCUT2D eigenvalue weighted by Gasteiger charge is 1.98. The molecule has 1 heterocycles. The van der Waals surface area contributed by atoms with Crippen LogP contribution in [-0.2, 0) is 0 Å². The monoisotopic (exact) mass is 128 g/mol. The highest BCUT2D eigenvalue weighted by molar-refractivity contribution is 7.06. The van der Waals surface area contributed by atoms with Gasteiger partial charge in [0.15, 0.2) is 0 Å². The van der Waals surface area contributed by atoms with Gasteiger partial charge in [-0.25, -0.2) is 0 Å². The minimum Gasteiger partial charge on any atom is -0.396 e. The maximum absolute atomic E-state index is 5.55. The van der Waals surface area contributed by atoms with Crippen LogP contribution in [0.3, 0.4) is 0 Å². The molecular formula is C5H8N2S. The number of hydrogen-bond donors (Lipinski definition) is 1. The molecular weight excluding hydrogens is 120 g/mol. The average molecular weight is 128 g/mol. The summed E-state index contributed by atoms with van der Waals surface area (Å²) in [5.74, 6) is 0. The molecule has 3 heteroatoms. The lowest BCUT2D eigenvalue weighted by molar-refractivity contribution is 1.34. The van der Waals surface area contributed by atoms with Crippen molar-refractivity contribution in [1.82, 2.24) is 4.37 Å². The Morgan fingerprint density at radius 2 is 2.12 bits per heavy atom. The molecule has 0 aliphatic heterocycles. The van der Waals surface area contributed by atoms with E-state index in [2.05, 4.69) is 4.37 Å². The SMILES string of the molecule is Cc1nsc(C)c1N. The Kier molecular flexibility index (Phi) is 1.21. The number of hydrogen-bond acceptors (Lipinski definition) is 3. The molecule has 0 fully saturated rings. The van der Waals surface area contributed by atoms with Gasteiger partial charge in [-0.15, -0.1) is 0 Å². The van der Waals surface area contributed by atoms with E-state index >= 15 is 0 Å². The summed E-state index contributed by atoms with van der Waals surface area (Å²) >= 11 is 1.46. The minimum absolute atomic E-state index is 0.843. The molecule has 0 atom stereocenters. The van der Waals surface area contributed by atoms with Crippen molar-refractivity contribution in [1.29, 1.82) is 0 Å². The fourth-order valence-electron chi connectivity index (χ4n) is 0.490. The van der Waals surface area contributed by atoms with E-state index in [-0.39, 0.29) is 0 Å². The van der Waals surface area contributed by atoms with Crippen molar-refractivity contribution in [2.45, 2.75) is 13.8 Å². The molecule has 0 saturated carbocycles. The van der Waals surface area contributed by atoms with E-state index in [1.807, 2.05) is 13.8 Å². The first-order valence-electron chi connectivity index (χ1n) is 2.40. The third-order valence-corrected chi connectivity index (χ3v) is 1.95. The molecule has 0 aromatic carbocycles. The number of nitrogens with two attached hydrogens (primary N) is 1. The molecule has 1 aromatic heterocycles. The van der Waals surface area contributed by atoms with E-state index in [1.54, 1.807) is 0 Å². The van der Waals surface area contributed by atoms with E-state index < -0.39 is 0 Å². The molecule has 1 rings (SSSR count). The van der Waals surface area contributed by atoms with Crippen LogP contribution in [-0.4, -0.2) is 4.37 Å². The maximum atomic E-state index is 5.55. The summed E-state index contributed by atoms with van der Waals surface area (Å²) in [6, 6.07) is 0. The van der Waals surface area contributed by atoms with Crippen molar-refractivity contribution in [2.24, 2.45) is 0 Å². The smallest absolute Gasteiger partial charge is 0.0743 e. The molecule has 0 saturated heterocycles. The van der Waals surface area contributed by atoms with Gasteiger partial charge in [-0.2, -0.15) is 4.37 Å². The summed E-state index contributed by atoms with van der Waals surface area (Å²) in [5, 5.41) is 0. The first-order valence-corrected chi connectivity index (χ1v) is 3.17. The van der Waals surface area contributed by atoms with Gasteiger partial charge >= 0.3 is 0 Å². The predicted octanol–water partition coefficient (Wildman–Crippen LogP) is 1.34. The highest BCUT2D eigenvalue weighted by atomic mass is 32.1. The van der Waals surface area contributed by atoms with Gasteiger partial charge in [0.05, 0.1) is 11.4 Å². The summed E-state index contributed by atoms with van der Waals surface area (Å²) in [4.78, 5) is 1.11. The van der Waals surface area contributed by atoms with E-state index in [0.717, 1.165) is 16.3 Å². The molecule has 2 N–H and O–H groups in total. The van der Waals surface area contributed by atoms with Gasteiger partial charge in [0.25, 0.3) is 0 Å². The van der Waals surface area contributed by atoms with E-state index in [0.29, 0.717) is 0 Å². The zero-order chi connectivity index (χ0) is 6.15. The lowest BCUT2D eigenvalue weighted by Crippen LogP contribution is -1.85. The fraction of sp³-hybridized carbons (Fsp3) is 0.400. The Morgan fingerprint density at radius 3 is 2.25 bits per heavy atom. The van der Waals surface area contributed by atoms with Crippen LogP contribution in [0.2, 0.25) is 0 Å². The second-order valence-electron chi connectivity index (χ2n) is 1.74. The second kappa shape index (κ2) is 1.74. The van der Waals surface area contributed by atoms with Gasteiger partial charge in [-0.3, -0.25) is 0 Å². The molecule has 0 aliphatic rings. The Bertz CT molecular complexity index is 173. The fourth-order valence-corrected chi connectivity index (χ4v) is 1.11. The Balaban J connectivity index is 3.19. The molecule has 0 radical (unpaired) electrons. The van der Waals surface area contributed by atoms with Crippen molar-refractivity contribution in [3.05, 3.63) is 10.6 Å². The first kappa shape index (κ1) is 5.56. The summed E-state index contributed by atoms with van der Waals surface area (Å²) in [6.45, 7) is 3.89. The normalized spacial score (nSPS) is 9.75. The van der Waals surface area contributed by atoms with Crippen LogP contribution >= 0.6 is 11.5 Å². The third kappa shape index (κ3) is 0.690. The zero-order valence-electron chi connectivity index (χ0n) is 4.93. The number of nitrogen functional groups attached to an aromatic ring is 1. The standard InChI is InChI=1S/C5H8N2S/c1-3-5(6)4(2)8-7-3/h6H2,1-2H3. The van der Waals surface area contributed by atoms with Gasteiger partial charge in [-0.1, -0.05) is 0 Å². The Hall–Kier alpha value is -0.570. The predicted molar refractivity (Wildman–Crippen MR) is 36.0 cm³/mol. The van der Waals surface area contributed by atoms with Gasteiger partial charge in [-0.05, 0) is 25.4 Å². The average Bonchev–Trinajstić information content (AvgIpc) is 1.98. The summed E-state index contributed by atoms with van der Waals surface area (Å²) in [6.07, 6.45) is 0. The van der Waals surface area contributed by atoms with Crippen LogP contribution in [0.15, 0.2) is 0 Å². The lowest BCUT2D eigenvalue weighted by Gasteiger charge is -1.84. The van der Waals surface area contributed by atoms with Crippen LogP contribution in [0.25, 0.3) is 0 Å². The Morgan fingerprint density at radius 1 is 1.50 bits per heavy atom. The van der Waals surface area contributed by atoms with Gasteiger partial charge in [0.1, 0.15) is 0 Å². The third-order valence-electron chi connectivity index (χ3n) is 1.09. The Labute approximate surface area is 52.5 Å². The van der Waals surface area contributed by atoms with Crippen LogP contribution in [0, 0.1) is 13.8 Å². The second-order valence-corrected chi connectivity index (χ2v) is 2.72. The molecule has 1 aromatic rings. The zero-order valence-corrected chi connectivity index (χ0v) is 5.75. The van der Waals surface area contributed by atoms with Crippen LogP contribution in [0.1, 0.15) is 10.6 Å². The van der Waals surface area contributed by atoms with Crippen molar-refractivity contribution >= 4 is 17.2 Å². The van der Waals surface area contributed by atoms with Crippen molar-refractivity contribution in [2.75, 3.05) is 5.73 Å². The number of rotatable bonds is 0. The molecule has 0 bridgehead atoms. The molecule has 44 valence electrons. The first-order chi connectivity index (χ1) is 3.72. The number of anilines is 1. The number of aryl methyl sites for hydroxylation is 2. The quantitative estimate of drug-likeness (QED) is 0.572. The van der Waals surface area contributed by atoms with E-state index in [9.17, 15) is 0 Å². The number of aromatic nitrogens is 1. The van der Waals surface area contributed by atoms with Gasteiger partial charge in [0.2, 0.25) is 0 Å². The van der Waals surface area contributed by atoms with Crippen molar-refractivity contribution in [3.8, 4) is 0 Å². The maximum Gasteiger partial charge on any atom is 0.0743 e. The van der Waals surface area contributed by atoms with E-state index in [1.165, 1.54) is 11.5 Å². The molecule has 0 unspecified atom stereocenters. The number of nitrogens with zero attached hydrogens (tertiary/aromatic N) is 1. The molecule has 0 spiro atoms. The highest BCUT2D eigenvalue weighted by Crippen LogP contribution is 2.17. The van der Waals surface area contributed by atoms with Crippen LogP contribution < -0.4 is 5.73 Å². The van der Waals surface area contributed by atoms with Crippen LogP contribution in [0.5, 0.6) is 0 Å². The molecule has 0 aliphatic carbocycles. The summed E-state index contributed by atoms with van der Waals surface area (Å²) < 4.78 is 4.03. The minimum atomic E-state index is 0.843. The van der Waals surface area contributed by atoms with Gasteiger partial charge in [0, 0.05) is 4.88 Å².